The molecule has 13 heteroatoms. The Hall–Kier alpha value is -2.13. The van der Waals surface area contributed by atoms with Crippen molar-refractivity contribution in [2.45, 2.75) is 224 Å². The third-order valence-electron chi connectivity index (χ3n) is 10.6. The molecule has 0 aromatic carbocycles. The molecule has 1 amide bonds. The van der Waals surface area contributed by atoms with Gasteiger partial charge in [0.25, 0.3) is 0 Å². The second-order valence-electron chi connectivity index (χ2n) is 15.8. The number of aliphatic hydroxyl groups excluding tert-OH is 3. The number of hydrogen-bond acceptors (Lipinski definition) is 10. The summed E-state index contributed by atoms with van der Waals surface area (Å²) < 4.78 is 22.0. The van der Waals surface area contributed by atoms with Crippen LogP contribution in [0.5, 0.6) is 0 Å². The molecular formula is C44H81NO12. The van der Waals surface area contributed by atoms with Gasteiger partial charge >= 0.3 is 11.9 Å². The van der Waals surface area contributed by atoms with Gasteiger partial charge in [-0.15, -0.1) is 0 Å². The highest BCUT2D eigenvalue weighted by atomic mass is 16.7. The van der Waals surface area contributed by atoms with Crippen molar-refractivity contribution in [3.05, 3.63) is 12.2 Å². The number of hydrogen-bond donors (Lipinski definition) is 6. The Morgan fingerprint density at radius 3 is 1.61 bits per heavy atom. The first-order valence-corrected chi connectivity index (χ1v) is 22.5. The van der Waals surface area contributed by atoms with E-state index >= 15 is 0 Å². The van der Waals surface area contributed by atoms with Crippen LogP contribution in [0.4, 0.5) is 0 Å². The Morgan fingerprint density at radius 1 is 0.649 bits per heavy atom. The molecule has 1 rings (SSSR count). The Balaban J connectivity index is 2.69. The van der Waals surface area contributed by atoms with Crippen LogP contribution in [0.15, 0.2) is 12.2 Å². The van der Waals surface area contributed by atoms with Crippen molar-refractivity contribution < 1.29 is 58.9 Å². The molecule has 0 aromatic rings. The third-order valence-corrected chi connectivity index (χ3v) is 10.6. The van der Waals surface area contributed by atoms with E-state index in [-0.39, 0.29) is 18.9 Å². The monoisotopic (exact) mass is 816 g/mol. The number of nitrogens with one attached hydrogen (secondary N) is 1. The number of carboxylic acid groups (broad SMARTS) is 2. The Kier molecular flexibility index (Phi) is 33.2. The van der Waals surface area contributed by atoms with Crippen LogP contribution < -0.4 is 5.32 Å². The fourth-order valence-corrected chi connectivity index (χ4v) is 7.12. The number of aliphatic hydroxyl groups is 3. The van der Waals surface area contributed by atoms with Gasteiger partial charge in [-0.3, -0.25) is 4.79 Å². The molecule has 0 bridgehead atoms. The zero-order chi connectivity index (χ0) is 41.9. The average Bonchev–Trinajstić information content (AvgIpc) is 3.18. The van der Waals surface area contributed by atoms with E-state index in [2.05, 4.69) is 19.2 Å². The molecule has 1 fully saturated rings. The van der Waals surface area contributed by atoms with E-state index in [1.165, 1.54) is 116 Å². The second-order valence-corrected chi connectivity index (χ2v) is 15.8. The van der Waals surface area contributed by atoms with Gasteiger partial charge in [0.2, 0.25) is 5.91 Å². The van der Waals surface area contributed by atoms with Gasteiger partial charge in [0, 0.05) is 6.42 Å². The predicted octanol–water partition coefficient (Wildman–Crippen LogP) is 7.61. The summed E-state index contributed by atoms with van der Waals surface area (Å²) in [5.41, 5.74) is 0. The van der Waals surface area contributed by atoms with E-state index in [0.29, 0.717) is 6.42 Å². The number of ether oxygens (including phenoxy) is 4. The van der Waals surface area contributed by atoms with Crippen LogP contribution in [0.3, 0.4) is 0 Å². The van der Waals surface area contributed by atoms with Crippen molar-refractivity contribution in [2.75, 3.05) is 26.4 Å². The van der Waals surface area contributed by atoms with Crippen molar-refractivity contribution in [2.24, 2.45) is 0 Å². The lowest BCUT2D eigenvalue weighted by molar-refractivity contribution is -0.309. The molecule has 1 aliphatic heterocycles. The molecule has 0 spiro atoms. The number of allylic oxidation sites excluding steroid dienone is 1. The van der Waals surface area contributed by atoms with Crippen LogP contribution in [0.1, 0.15) is 181 Å². The van der Waals surface area contributed by atoms with Crippen molar-refractivity contribution in [3.63, 3.8) is 0 Å². The van der Waals surface area contributed by atoms with Crippen LogP contribution in [0, 0.1) is 0 Å². The first kappa shape index (κ1) is 52.9. The van der Waals surface area contributed by atoms with Gasteiger partial charge in [0.15, 0.2) is 6.29 Å². The summed E-state index contributed by atoms with van der Waals surface area (Å²) in [6.45, 7) is 2.30. The molecule has 0 aromatic heterocycles. The second kappa shape index (κ2) is 35.8. The minimum Gasteiger partial charge on any atom is -0.480 e. The lowest BCUT2D eigenvalue weighted by atomic mass is 9.99. The van der Waals surface area contributed by atoms with E-state index in [1.54, 1.807) is 6.08 Å². The van der Waals surface area contributed by atoms with Gasteiger partial charge in [-0.2, -0.15) is 0 Å². The molecule has 0 unspecified atom stereocenters. The van der Waals surface area contributed by atoms with Crippen molar-refractivity contribution >= 4 is 17.8 Å². The van der Waals surface area contributed by atoms with Gasteiger partial charge in [-0.25, -0.2) is 9.59 Å². The van der Waals surface area contributed by atoms with Crippen molar-refractivity contribution in [1.29, 1.82) is 0 Å². The number of aliphatic carboxylic acids is 2. The quantitative estimate of drug-likeness (QED) is 0.0263. The summed E-state index contributed by atoms with van der Waals surface area (Å²) in [5.74, 6) is -2.80. The van der Waals surface area contributed by atoms with Crippen LogP contribution >= 0.6 is 0 Å². The molecule has 0 radical (unpaired) electrons. The number of carbonyl (C=O) groups is 3. The fourth-order valence-electron chi connectivity index (χ4n) is 7.12. The van der Waals surface area contributed by atoms with E-state index in [9.17, 15) is 29.7 Å². The zero-order valence-corrected chi connectivity index (χ0v) is 35.5. The molecule has 57 heavy (non-hydrogen) atoms. The molecule has 1 aliphatic rings. The van der Waals surface area contributed by atoms with E-state index in [1.807, 2.05) is 6.08 Å². The van der Waals surface area contributed by atoms with Gasteiger partial charge in [0.1, 0.15) is 37.6 Å². The van der Waals surface area contributed by atoms with E-state index in [0.717, 1.165) is 38.5 Å². The standard InChI is InChI=1S/C44H81NO12/c1-3-5-7-9-11-13-15-17-19-21-23-25-27-29-36(46)35(45-38(47)30-28-26-24-22-20-18-16-14-12-10-8-6-4-2)31-56-44-42(53)41(52)43(55-34-40(50)51)37(57-44)32-54-33-39(48)49/h27,29,35-37,41-44,46,52-53H,3-26,28,30-34H2,1-2H3,(H,45,47)(H,48,49)(H,50,51)/b29-27+/t35-,36+,37+,41+,42+,43-,44+/m0/s1. The highest BCUT2D eigenvalue weighted by molar-refractivity contribution is 5.76. The molecule has 0 aliphatic carbocycles. The maximum absolute atomic E-state index is 13.1. The average molecular weight is 816 g/mol. The first-order valence-electron chi connectivity index (χ1n) is 22.5. The molecule has 0 saturated carbocycles. The fraction of sp³-hybridized carbons (Fsp3) is 0.886. The number of amides is 1. The van der Waals surface area contributed by atoms with Crippen LogP contribution in [-0.2, 0) is 33.3 Å². The Bertz CT molecular complexity index is 1030. The predicted molar refractivity (Wildman–Crippen MR) is 221 cm³/mol. The maximum Gasteiger partial charge on any atom is 0.329 e. The van der Waals surface area contributed by atoms with Crippen LogP contribution in [-0.4, -0.2) is 113 Å². The smallest absolute Gasteiger partial charge is 0.329 e. The van der Waals surface area contributed by atoms with Gasteiger partial charge in [-0.1, -0.05) is 167 Å². The summed E-state index contributed by atoms with van der Waals surface area (Å²) in [6.07, 6.45) is 25.3. The van der Waals surface area contributed by atoms with Crippen molar-refractivity contribution in [3.8, 4) is 0 Å². The summed E-state index contributed by atoms with van der Waals surface area (Å²) in [5, 5.41) is 53.7. The topological polar surface area (TPSA) is 201 Å². The Labute approximate surface area is 343 Å². The zero-order valence-electron chi connectivity index (χ0n) is 35.5. The lowest BCUT2D eigenvalue weighted by Crippen LogP contribution is -2.61. The van der Waals surface area contributed by atoms with Crippen molar-refractivity contribution in [1.82, 2.24) is 5.32 Å². The van der Waals surface area contributed by atoms with Gasteiger partial charge < -0.3 is 49.8 Å². The highest BCUT2D eigenvalue weighted by Crippen LogP contribution is 2.25. The minimum atomic E-state index is -1.68. The van der Waals surface area contributed by atoms with Gasteiger partial charge in [0.05, 0.1) is 25.4 Å². The minimum absolute atomic E-state index is 0.239. The molecule has 6 N–H and O–H groups in total. The third kappa shape index (κ3) is 28.1. The molecule has 7 atom stereocenters. The first-order chi connectivity index (χ1) is 27.6. The molecular weight excluding hydrogens is 734 g/mol. The lowest BCUT2D eigenvalue weighted by Gasteiger charge is -2.42. The normalized spacial score (nSPS) is 20.8. The van der Waals surface area contributed by atoms with E-state index in [4.69, 9.17) is 29.2 Å². The summed E-state index contributed by atoms with van der Waals surface area (Å²) in [6, 6.07) is -0.899. The molecule has 13 nitrogen and oxygen atoms in total. The molecule has 1 saturated heterocycles. The SMILES string of the molecule is CCCCCCCCCCCCC/C=C/[C@@H](O)[C@H](CO[C@@H]1O[C@H](COCC(=O)O)[C@H](OCC(=O)O)[C@H](O)[C@H]1O)NC(=O)CCCCCCCCCCCCCCC. The number of rotatable bonds is 39. The molecule has 1 heterocycles. The van der Waals surface area contributed by atoms with Crippen LogP contribution in [0.25, 0.3) is 0 Å². The number of carbonyl (C=O) groups excluding carboxylic acids is 1. The summed E-state index contributed by atoms with van der Waals surface area (Å²) in [7, 11) is 0. The largest absolute Gasteiger partial charge is 0.480 e. The number of carboxylic acids is 2. The number of unbranched alkanes of at least 4 members (excludes halogenated alkanes) is 23. The van der Waals surface area contributed by atoms with Gasteiger partial charge in [-0.05, 0) is 19.3 Å². The maximum atomic E-state index is 13.1. The summed E-state index contributed by atoms with van der Waals surface area (Å²) in [4.78, 5) is 35.2. The highest BCUT2D eigenvalue weighted by Gasteiger charge is 2.46. The molecule has 334 valence electrons. The van der Waals surface area contributed by atoms with Crippen LogP contribution in [0.2, 0.25) is 0 Å². The summed E-state index contributed by atoms with van der Waals surface area (Å²) >= 11 is 0. The Morgan fingerprint density at radius 2 is 1.12 bits per heavy atom. The van der Waals surface area contributed by atoms with E-state index < -0.39 is 74.6 Å².